The molecular formula is C15H15ClO2. The lowest BCUT2D eigenvalue weighted by atomic mass is 9.89. The van der Waals surface area contributed by atoms with Crippen molar-refractivity contribution in [2.45, 2.75) is 18.9 Å². The molecule has 0 amide bonds. The molecule has 0 saturated heterocycles. The van der Waals surface area contributed by atoms with Gasteiger partial charge >= 0.3 is 0 Å². The second-order valence-corrected chi connectivity index (χ2v) is 5.06. The van der Waals surface area contributed by atoms with E-state index in [0.29, 0.717) is 11.4 Å². The third-order valence-electron chi connectivity index (χ3n) is 2.93. The fourth-order valence-electron chi connectivity index (χ4n) is 1.97. The Bertz CT molecular complexity index is 532. The van der Waals surface area contributed by atoms with Crippen molar-refractivity contribution in [3.8, 4) is 5.75 Å². The molecule has 0 saturated carbocycles. The molecule has 0 heterocycles. The highest BCUT2D eigenvalue weighted by atomic mass is 35.5. The Balaban J connectivity index is 2.23. The van der Waals surface area contributed by atoms with Crippen molar-refractivity contribution in [3.05, 3.63) is 64.7 Å². The monoisotopic (exact) mass is 262 g/mol. The standard InChI is InChI=1S/C15H15ClO2/c1-15(18,12-5-7-13(16)8-6-12)10-11-3-2-4-14(17)9-11/h2-9,17-18H,10H2,1H3. The van der Waals surface area contributed by atoms with E-state index in [0.717, 1.165) is 11.1 Å². The zero-order valence-electron chi connectivity index (χ0n) is 10.1. The molecule has 0 radical (unpaired) electrons. The van der Waals surface area contributed by atoms with Gasteiger partial charge in [0.1, 0.15) is 5.75 Å². The summed E-state index contributed by atoms with van der Waals surface area (Å²) < 4.78 is 0. The van der Waals surface area contributed by atoms with Gasteiger partial charge in [-0.25, -0.2) is 0 Å². The Kier molecular flexibility index (Phi) is 3.60. The van der Waals surface area contributed by atoms with Gasteiger partial charge in [-0.15, -0.1) is 0 Å². The Morgan fingerprint density at radius 3 is 2.39 bits per heavy atom. The first-order valence-electron chi connectivity index (χ1n) is 5.74. The molecule has 18 heavy (non-hydrogen) atoms. The summed E-state index contributed by atoms with van der Waals surface area (Å²) in [7, 11) is 0. The summed E-state index contributed by atoms with van der Waals surface area (Å²) in [5.41, 5.74) is 0.698. The Morgan fingerprint density at radius 1 is 1.11 bits per heavy atom. The van der Waals surface area contributed by atoms with E-state index in [1.807, 2.05) is 18.2 Å². The number of aromatic hydroxyl groups is 1. The molecule has 0 aliphatic heterocycles. The molecule has 0 bridgehead atoms. The molecule has 0 aromatic heterocycles. The zero-order valence-corrected chi connectivity index (χ0v) is 10.9. The van der Waals surface area contributed by atoms with Crippen molar-refractivity contribution < 1.29 is 10.2 Å². The van der Waals surface area contributed by atoms with Gasteiger partial charge in [-0.05, 0) is 42.3 Å². The lowest BCUT2D eigenvalue weighted by Gasteiger charge is -2.24. The fourth-order valence-corrected chi connectivity index (χ4v) is 2.10. The summed E-state index contributed by atoms with van der Waals surface area (Å²) in [5.74, 6) is 0.208. The Morgan fingerprint density at radius 2 is 1.78 bits per heavy atom. The number of phenols is 1. The average Bonchev–Trinajstić information content (AvgIpc) is 2.29. The highest BCUT2D eigenvalue weighted by Gasteiger charge is 2.23. The van der Waals surface area contributed by atoms with Crippen LogP contribution in [0.25, 0.3) is 0 Å². The average molecular weight is 263 g/mol. The maximum absolute atomic E-state index is 10.5. The predicted molar refractivity (Wildman–Crippen MR) is 72.8 cm³/mol. The molecule has 1 atom stereocenters. The third-order valence-corrected chi connectivity index (χ3v) is 3.18. The topological polar surface area (TPSA) is 40.5 Å². The van der Waals surface area contributed by atoms with Crippen LogP contribution in [-0.4, -0.2) is 10.2 Å². The van der Waals surface area contributed by atoms with Crippen molar-refractivity contribution >= 4 is 11.6 Å². The van der Waals surface area contributed by atoms with Gasteiger partial charge in [-0.3, -0.25) is 0 Å². The second-order valence-electron chi connectivity index (χ2n) is 4.63. The lowest BCUT2D eigenvalue weighted by Crippen LogP contribution is -2.24. The molecule has 0 aliphatic carbocycles. The van der Waals surface area contributed by atoms with Gasteiger partial charge in [0, 0.05) is 11.4 Å². The van der Waals surface area contributed by atoms with E-state index in [9.17, 15) is 10.2 Å². The van der Waals surface area contributed by atoms with Crippen LogP contribution < -0.4 is 0 Å². The molecule has 2 aromatic rings. The molecule has 3 heteroatoms. The van der Waals surface area contributed by atoms with Crippen LogP contribution >= 0.6 is 11.6 Å². The van der Waals surface area contributed by atoms with E-state index in [1.165, 1.54) is 0 Å². The zero-order chi connectivity index (χ0) is 13.2. The van der Waals surface area contributed by atoms with Crippen LogP contribution in [0, 0.1) is 0 Å². The number of hydrogen-bond acceptors (Lipinski definition) is 2. The first-order valence-corrected chi connectivity index (χ1v) is 6.11. The maximum atomic E-state index is 10.5. The largest absolute Gasteiger partial charge is 0.508 e. The Labute approximate surface area is 111 Å². The minimum absolute atomic E-state index is 0.208. The van der Waals surface area contributed by atoms with Crippen molar-refractivity contribution in [2.75, 3.05) is 0 Å². The normalized spacial score (nSPS) is 14.2. The summed E-state index contributed by atoms with van der Waals surface area (Å²) in [6, 6.07) is 14.1. The quantitative estimate of drug-likeness (QED) is 0.889. The summed E-state index contributed by atoms with van der Waals surface area (Å²) in [6.45, 7) is 1.75. The first-order chi connectivity index (χ1) is 8.47. The van der Waals surface area contributed by atoms with E-state index in [4.69, 9.17) is 11.6 Å². The highest BCUT2D eigenvalue weighted by Crippen LogP contribution is 2.27. The minimum Gasteiger partial charge on any atom is -0.508 e. The lowest BCUT2D eigenvalue weighted by molar-refractivity contribution is 0.0576. The van der Waals surface area contributed by atoms with Crippen molar-refractivity contribution in [3.63, 3.8) is 0 Å². The number of aliphatic hydroxyl groups is 1. The summed E-state index contributed by atoms with van der Waals surface area (Å²) in [4.78, 5) is 0. The molecule has 2 nitrogen and oxygen atoms in total. The molecular weight excluding hydrogens is 248 g/mol. The number of benzene rings is 2. The number of halogens is 1. The van der Waals surface area contributed by atoms with E-state index in [2.05, 4.69) is 0 Å². The van der Waals surface area contributed by atoms with Crippen LogP contribution in [0.2, 0.25) is 5.02 Å². The van der Waals surface area contributed by atoms with E-state index < -0.39 is 5.60 Å². The van der Waals surface area contributed by atoms with Crippen LogP contribution in [0.5, 0.6) is 5.75 Å². The van der Waals surface area contributed by atoms with Crippen molar-refractivity contribution in [2.24, 2.45) is 0 Å². The van der Waals surface area contributed by atoms with Crippen LogP contribution in [0.15, 0.2) is 48.5 Å². The van der Waals surface area contributed by atoms with Gasteiger partial charge < -0.3 is 10.2 Å². The highest BCUT2D eigenvalue weighted by molar-refractivity contribution is 6.30. The maximum Gasteiger partial charge on any atom is 0.115 e. The van der Waals surface area contributed by atoms with E-state index in [-0.39, 0.29) is 5.75 Å². The van der Waals surface area contributed by atoms with Gasteiger partial charge in [0.15, 0.2) is 0 Å². The summed E-state index contributed by atoms with van der Waals surface area (Å²) >= 11 is 5.83. The van der Waals surface area contributed by atoms with Gasteiger partial charge in [0.05, 0.1) is 5.60 Å². The number of phenolic OH excluding ortho intramolecular Hbond substituents is 1. The van der Waals surface area contributed by atoms with Crippen LogP contribution in [0.1, 0.15) is 18.1 Å². The molecule has 2 rings (SSSR count). The van der Waals surface area contributed by atoms with Crippen molar-refractivity contribution in [1.82, 2.24) is 0 Å². The minimum atomic E-state index is -0.988. The van der Waals surface area contributed by atoms with Crippen LogP contribution in [-0.2, 0) is 12.0 Å². The summed E-state index contributed by atoms with van der Waals surface area (Å²) in [5, 5.41) is 20.6. The molecule has 94 valence electrons. The third kappa shape index (κ3) is 3.03. The smallest absolute Gasteiger partial charge is 0.115 e. The molecule has 1 unspecified atom stereocenters. The number of hydrogen-bond donors (Lipinski definition) is 2. The molecule has 0 aliphatic rings. The molecule has 2 aromatic carbocycles. The van der Waals surface area contributed by atoms with Crippen molar-refractivity contribution in [1.29, 1.82) is 0 Å². The van der Waals surface area contributed by atoms with Crippen LogP contribution in [0.3, 0.4) is 0 Å². The SMILES string of the molecule is CC(O)(Cc1cccc(O)c1)c1ccc(Cl)cc1. The van der Waals surface area contributed by atoms with Gasteiger partial charge in [0.25, 0.3) is 0 Å². The fraction of sp³-hybridized carbons (Fsp3) is 0.200. The van der Waals surface area contributed by atoms with E-state index >= 15 is 0 Å². The molecule has 2 N–H and O–H groups in total. The molecule has 0 spiro atoms. The summed E-state index contributed by atoms with van der Waals surface area (Å²) in [6.07, 6.45) is 0.434. The van der Waals surface area contributed by atoms with Crippen LogP contribution in [0.4, 0.5) is 0 Å². The van der Waals surface area contributed by atoms with Gasteiger partial charge in [-0.2, -0.15) is 0 Å². The van der Waals surface area contributed by atoms with Gasteiger partial charge in [0.2, 0.25) is 0 Å². The first kappa shape index (κ1) is 12.9. The Hall–Kier alpha value is -1.51. The van der Waals surface area contributed by atoms with Gasteiger partial charge in [-0.1, -0.05) is 35.9 Å². The van der Waals surface area contributed by atoms with E-state index in [1.54, 1.807) is 37.3 Å². The number of rotatable bonds is 3. The predicted octanol–water partition coefficient (Wildman–Crippen LogP) is 3.50. The molecule has 0 fully saturated rings. The second kappa shape index (κ2) is 5.01.